The summed E-state index contributed by atoms with van der Waals surface area (Å²) < 4.78 is 14.3. The predicted molar refractivity (Wildman–Crippen MR) is 151 cm³/mol. The third-order valence-electron chi connectivity index (χ3n) is 9.35. The van der Waals surface area contributed by atoms with Crippen molar-refractivity contribution in [1.29, 1.82) is 0 Å². The zero-order valence-electron chi connectivity index (χ0n) is 20.7. The van der Waals surface area contributed by atoms with Crippen molar-refractivity contribution in [3.05, 3.63) is 127 Å². The number of hydrogen-bond acceptors (Lipinski definition) is 1. The summed E-state index contributed by atoms with van der Waals surface area (Å²) in [4.78, 5) is 0. The molecule has 0 radical (unpaired) electrons. The summed E-state index contributed by atoms with van der Waals surface area (Å²) >= 11 is 0. The molecule has 8 aromatic rings. The first-order valence-electron chi connectivity index (χ1n) is 13.5. The van der Waals surface area contributed by atoms with Crippen molar-refractivity contribution in [3.8, 4) is 22.8 Å². The number of hydrogen-bond donors (Lipinski definition) is 0. The molecule has 0 amide bonds. The molecular weight excluding hydrogens is 478 g/mol. The van der Waals surface area contributed by atoms with Crippen LogP contribution in [-0.2, 0) is 5.66 Å². The number of ether oxygens (including phenoxy) is 1. The highest BCUT2D eigenvalue weighted by Gasteiger charge is 2.68. The Labute approximate surface area is 222 Å². The molecule has 0 saturated heterocycles. The summed E-state index contributed by atoms with van der Waals surface area (Å²) in [7, 11) is 0. The van der Waals surface area contributed by atoms with Crippen LogP contribution in [0.4, 0.5) is 0 Å². The van der Waals surface area contributed by atoms with Crippen molar-refractivity contribution in [3.63, 3.8) is 0 Å². The van der Waals surface area contributed by atoms with Gasteiger partial charge in [-0.2, -0.15) is 4.40 Å². The normalized spacial score (nSPS) is 17.5. The van der Waals surface area contributed by atoms with Gasteiger partial charge in [0.15, 0.2) is 17.2 Å². The SMILES string of the molecule is c1cc2c3c(c1)-c1cccc[n+]1C31c3c(ccc4c3c3n(c5ccc6ccccc6c45)c4ccccc4[n+]31)O2. The van der Waals surface area contributed by atoms with Gasteiger partial charge in [0.2, 0.25) is 5.69 Å². The van der Waals surface area contributed by atoms with Gasteiger partial charge in [0.25, 0.3) is 0 Å². The lowest BCUT2D eigenvalue weighted by atomic mass is 9.85. The summed E-state index contributed by atoms with van der Waals surface area (Å²) in [5.41, 5.74) is 9.22. The Morgan fingerprint density at radius 2 is 1.49 bits per heavy atom. The van der Waals surface area contributed by atoms with E-state index in [2.05, 4.69) is 129 Å². The molecule has 39 heavy (non-hydrogen) atoms. The molecule has 4 heteroatoms. The van der Waals surface area contributed by atoms with E-state index in [0.717, 1.165) is 11.5 Å². The number of para-hydroxylation sites is 2. The molecule has 0 fully saturated rings. The molecule has 0 saturated carbocycles. The molecule has 6 heterocycles. The summed E-state index contributed by atoms with van der Waals surface area (Å²) in [5, 5.41) is 6.37. The van der Waals surface area contributed by atoms with Crippen molar-refractivity contribution >= 4 is 49.1 Å². The second kappa shape index (κ2) is 5.92. The zero-order chi connectivity index (χ0) is 25.0. The molecule has 3 aliphatic rings. The second-order valence-corrected chi connectivity index (χ2v) is 10.9. The summed E-state index contributed by atoms with van der Waals surface area (Å²) in [5.74, 6) is 1.87. The lowest BCUT2D eigenvalue weighted by Gasteiger charge is -2.28. The van der Waals surface area contributed by atoms with Gasteiger partial charge in [-0.25, -0.2) is 0 Å². The molecule has 1 atom stereocenters. The third-order valence-corrected chi connectivity index (χ3v) is 9.35. The van der Waals surface area contributed by atoms with Crippen LogP contribution in [0.25, 0.3) is 60.4 Å². The van der Waals surface area contributed by atoms with Crippen molar-refractivity contribution in [2.75, 3.05) is 0 Å². The highest BCUT2D eigenvalue weighted by Crippen LogP contribution is 2.58. The van der Waals surface area contributed by atoms with Crippen molar-refractivity contribution in [2.45, 2.75) is 5.66 Å². The molecule has 1 spiro atoms. The molecule has 1 unspecified atom stereocenters. The van der Waals surface area contributed by atoms with Gasteiger partial charge >= 0.3 is 11.3 Å². The van der Waals surface area contributed by atoms with Gasteiger partial charge in [-0.15, -0.1) is 9.13 Å². The lowest BCUT2D eigenvalue weighted by molar-refractivity contribution is -0.940. The maximum Gasteiger partial charge on any atom is 0.372 e. The topological polar surface area (TPSA) is 21.4 Å². The molecule has 3 aliphatic heterocycles. The van der Waals surface area contributed by atoms with Crippen LogP contribution in [0.1, 0.15) is 11.1 Å². The van der Waals surface area contributed by atoms with E-state index in [0.29, 0.717) is 0 Å². The first kappa shape index (κ1) is 18.9. The largest absolute Gasteiger partial charge is 0.456 e. The van der Waals surface area contributed by atoms with Gasteiger partial charge in [0, 0.05) is 22.9 Å². The van der Waals surface area contributed by atoms with E-state index in [1.54, 1.807) is 0 Å². The Kier molecular flexibility index (Phi) is 2.87. The van der Waals surface area contributed by atoms with Crippen LogP contribution in [0.2, 0.25) is 0 Å². The molecule has 4 nitrogen and oxygen atoms in total. The fourth-order valence-electron chi connectivity index (χ4n) is 8.10. The van der Waals surface area contributed by atoms with Crippen LogP contribution in [0.5, 0.6) is 11.5 Å². The number of fused-ring (bicyclic) bond motifs is 10. The number of imidazole rings is 1. The van der Waals surface area contributed by atoms with E-state index in [9.17, 15) is 0 Å². The second-order valence-electron chi connectivity index (χ2n) is 10.9. The van der Waals surface area contributed by atoms with Gasteiger partial charge in [0.05, 0.1) is 10.9 Å². The van der Waals surface area contributed by atoms with Gasteiger partial charge in [0.1, 0.15) is 28.1 Å². The average molecular weight is 498 g/mol. The van der Waals surface area contributed by atoms with Crippen LogP contribution < -0.4 is 13.9 Å². The maximum atomic E-state index is 6.76. The van der Waals surface area contributed by atoms with Crippen molar-refractivity contribution in [1.82, 2.24) is 4.40 Å². The van der Waals surface area contributed by atoms with E-state index < -0.39 is 5.66 Å². The molecule has 0 N–H and O–H groups in total. The van der Waals surface area contributed by atoms with E-state index in [1.165, 1.54) is 71.5 Å². The summed E-state index contributed by atoms with van der Waals surface area (Å²) in [6.07, 6.45) is 2.25. The molecule has 0 aliphatic carbocycles. The van der Waals surface area contributed by atoms with Crippen molar-refractivity contribution < 1.29 is 13.9 Å². The molecule has 178 valence electrons. The van der Waals surface area contributed by atoms with E-state index in [1.807, 2.05) is 0 Å². The van der Waals surface area contributed by atoms with Gasteiger partial charge in [-0.3, -0.25) is 0 Å². The average Bonchev–Trinajstić information content (AvgIpc) is 3.61. The molecule has 5 aromatic carbocycles. The van der Waals surface area contributed by atoms with Gasteiger partial charge in [-0.05, 0) is 59.3 Å². The smallest absolute Gasteiger partial charge is 0.372 e. The number of benzene rings is 5. The molecule has 0 bridgehead atoms. The standard InChI is InChI=1S/C35H19N3O/c1-2-9-21-20(8-1)15-17-27-30(21)23-16-18-29-33-31(23)34-37(27)25-12-3-4-13-26(25)38(34)35(33)32-22(10-7-14-28(32)39-29)24-11-5-6-19-36(24)35/h1-19H/q+2. The van der Waals surface area contributed by atoms with Crippen LogP contribution in [0, 0.1) is 0 Å². The van der Waals surface area contributed by atoms with Crippen LogP contribution in [0.3, 0.4) is 0 Å². The van der Waals surface area contributed by atoms with E-state index in [-0.39, 0.29) is 0 Å². The Morgan fingerprint density at radius 3 is 2.49 bits per heavy atom. The summed E-state index contributed by atoms with van der Waals surface area (Å²) in [6, 6.07) is 39.7. The number of rotatable bonds is 0. The van der Waals surface area contributed by atoms with Crippen LogP contribution >= 0.6 is 0 Å². The Balaban J connectivity index is 1.54. The van der Waals surface area contributed by atoms with Gasteiger partial charge in [-0.1, -0.05) is 48.5 Å². The highest BCUT2D eigenvalue weighted by molar-refractivity contribution is 6.24. The maximum absolute atomic E-state index is 6.76. The minimum atomic E-state index is -0.570. The minimum Gasteiger partial charge on any atom is -0.456 e. The van der Waals surface area contributed by atoms with Gasteiger partial charge < -0.3 is 4.74 Å². The first-order chi connectivity index (χ1) is 19.4. The lowest BCUT2D eigenvalue weighted by Crippen LogP contribution is -2.71. The van der Waals surface area contributed by atoms with Crippen molar-refractivity contribution in [2.24, 2.45) is 0 Å². The van der Waals surface area contributed by atoms with E-state index >= 15 is 0 Å². The third kappa shape index (κ3) is 1.79. The monoisotopic (exact) mass is 497 g/mol. The highest BCUT2D eigenvalue weighted by atomic mass is 16.5. The first-order valence-corrected chi connectivity index (χ1v) is 13.5. The molecule has 3 aromatic heterocycles. The summed E-state index contributed by atoms with van der Waals surface area (Å²) in [6.45, 7) is 0. The molecular formula is C35H19N3O+2. The zero-order valence-corrected chi connectivity index (χ0v) is 20.7. The quantitative estimate of drug-likeness (QED) is 0.166. The fraction of sp³-hybridized carbons (Fsp3) is 0.0286. The van der Waals surface area contributed by atoms with Crippen LogP contribution in [0.15, 0.2) is 115 Å². The number of aromatic nitrogens is 3. The fourth-order valence-corrected chi connectivity index (χ4v) is 8.10. The Bertz CT molecular complexity index is 2490. The van der Waals surface area contributed by atoms with Crippen LogP contribution in [-0.4, -0.2) is 4.40 Å². The molecule has 11 rings (SSSR count). The number of pyridine rings is 2. The Morgan fingerprint density at radius 1 is 0.615 bits per heavy atom. The minimum absolute atomic E-state index is 0.570. The predicted octanol–water partition coefficient (Wildman–Crippen LogP) is 6.82. The Hall–Kier alpha value is -5.22. The van der Waals surface area contributed by atoms with E-state index in [4.69, 9.17) is 4.74 Å². The number of nitrogens with zero attached hydrogens (tertiary/aromatic N) is 3.